The standard InChI is InChI=1S/C14H20N6/c1-14(2,8-19-13(17)20-12(15)16)10-7-18-11-6-4-3-5-9(10)11/h3-7,18H,8H2,1-2H3,(H6,15,16,17,19,20). The molecule has 2 aromatic rings. The molecular formula is C14H20N6. The van der Waals surface area contributed by atoms with Crippen LogP contribution in [0.4, 0.5) is 0 Å². The molecule has 0 saturated heterocycles. The summed E-state index contributed by atoms with van der Waals surface area (Å²) in [4.78, 5) is 3.26. The summed E-state index contributed by atoms with van der Waals surface area (Å²) in [5, 5.41) is 21.3. The highest BCUT2D eigenvalue weighted by Crippen LogP contribution is 2.29. The van der Waals surface area contributed by atoms with Gasteiger partial charge in [-0.25, -0.2) is 0 Å². The minimum atomic E-state index is -0.243. The van der Waals surface area contributed by atoms with Crippen LogP contribution in [0, 0.1) is 10.8 Å². The van der Waals surface area contributed by atoms with Gasteiger partial charge in [-0.1, -0.05) is 32.0 Å². The van der Waals surface area contributed by atoms with Crippen molar-refractivity contribution in [3.8, 4) is 0 Å². The summed E-state index contributed by atoms with van der Waals surface area (Å²) in [6.45, 7) is 4.78. The molecule has 20 heavy (non-hydrogen) atoms. The van der Waals surface area contributed by atoms with Gasteiger partial charge >= 0.3 is 0 Å². The molecule has 0 amide bonds. The summed E-state index contributed by atoms with van der Waals surface area (Å²) >= 11 is 0. The van der Waals surface area contributed by atoms with Crippen LogP contribution in [0.25, 0.3) is 10.9 Å². The van der Waals surface area contributed by atoms with Gasteiger partial charge in [0.15, 0.2) is 11.9 Å². The molecule has 6 nitrogen and oxygen atoms in total. The van der Waals surface area contributed by atoms with Crippen molar-refractivity contribution in [2.75, 3.05) is 6.54 Å². The van der Waals surface area contributed by atoms with Crippen molar-refractivity contribution in [1.82, 2.24) is 15.6 Å². The topological polar surface area (TPSA) is 114 Å². The third-order valence-electron chi connectivity index (χ3n) is 3.29. The van der Waals surface area contributed by atoms with E-state index in [1.54, 1.807) is 0 Å². The molecule has 1 aromatic heterocycles. The third kappa shape index (κ3) is 2.90. The molecule has 0 aliphatic rings. The molecule has 106 valence electrons. The lowest BCUT2D eigenvalue weighted by Crippen LogP contribution is -2.46. The van der Waals surface area contributed by atoms with Gasteiger partial charge in [-0.3, -0.25) is 16.1 Å². The Kier molecular flexibility index (Phi) is 3.65. The van der Waals surface area contributed by atoms with Crippen LogP contribution in [0.1, 0.15) is 19.4 Å². The van der Waals surface area contributed by atoms with Crippen molar-refractivity contribution >= 4 is 22.8 Å². The largest absolute Gasteiger partial charge is 0.370 e. The van der Waals surface area contributed by atoms with E-state index in [0.29, 0.717) is 6.54 Å². The number of rotatable bonds is 3. The average molecular weight is 272 g/mol. The fourth-order valence-corrected chi connectivity index (χ4v) is 2.21. The highest BCUT2D eigenvalue weighted by molar-refractivity contribution is 5.94. The Morgan fingerprint density at radius 3 is 2.70 bits per heavy atom. The summed E-state index contributed by atoms with van der Waals surface area (Å²) in [6, 6.07) is 8.15. The van der Waals surface area contributed by atoms with Crippen LogP contribution in [0.2, 0.25) is 0 Å². The van der Waals surface area contributed by atoms with Gasteiger partial charge in [0.05, 0.1) is 0 Å². The van der Waals surface area contributed by atoms with E-state index >= 15 is 0 Å². The highest BCUT2D eigenvalue weighted by Gasteiger charge is 2.24. The minimum absolute atomic E-state index is 0.0328. The molecule has 0 aliphatic heterocycles. The van der Waals surface area contributed by atoms with E-state index in [-0.39, 0.29) is 17.3 Å². The predicted octanol–water partition coefficient (Wildman–Crippen LogP) is 1.45. The zero-order valence-corrected chi connectivity index (χ0v) is 11.7. The number of hydrogen-bond donors (Lipinski definition) is 6. The lowest BCUT2D eigenvalue weighted by molar-refractivity contribution is 0.514. The molecule has 0 spiro atoms. The van der Waals surface area contributed by atoms with Gasteiger partial charge in [0.25, 0.3) is 0 Å². The van der Waals surface area contributed by atoms with Crippen molar-refractivity contribution in [2.45, 2.75) is 19.3 Å². The normalized spacial score (nSPS) is 11.3. The summed E-state index contributed by atoms with van der Waals surface area (Å²) in [7, 11) is 0. The molecule has 2 rings (SSSR count). The smallest absolute Gasteiger partial charge is 0.195 e. The van der Waals surface area contributed by atoms with Crippen LogP contribution in [-0.4, -0.2) is 23.4 Å². The molecule has 0 saturated carbocycles. The van der Waals surface area contributed by atoms with E-state index in [0.717, 1.165) is 5.52 Å². The van der Waals surface area contributed by atoms with Gasteiger partial charge < -0.3 is 16.0 Å². The second-order valence-corrected chi connectivity index (χ2v) is 5.40. The molecule has 0 radical (unpaired) electrons. The summed E-state index contributed by atoms with van der Waals surface area (Å²) in [5.74, 6) is -0.210. The van der Waals surface area contributed by atoms with E-state index in [1.807, 2.05) is 24.4 Å². The Hall–Kier alpha value is -2.50. The van der Waals surface area contributed by atoms with Crippen LogP contribution < -0.4 is 16.4 Å². The molecule has 1 aromatic carbocycles. The second kappa shape index (κ2) is 5.24. The monoisotopic (exact) mass is 272 g/mol. The molecule has 1 heterocycles. The van der Waals surface area contributed by atoms with Crippen molar-refractivity contribution in [1.29, 1.82) is 10.8 Å². The Morgan fingerprint density at radius 2 is 2.00 bits per heavy atom. The number of nitrogens with one attached hydrogen (secondary N) is 5. The van der Waals surface area contributed by atoms with Crippen LogP contribution in [0.3, 0.4) is 0 Å². The summed E-state index contributed by atoms with van der Waals surface area (Å²) in [6.07, 6.45) is 2.01. The first-order chi connectivity index (χ1) is 9.40. The first-order valence-electron chi connectivity index (χ1n) is 6.40. The van der Waals surface area contributed by atoms with Crippen molar-refractivity contribution in [3.05, 3.63) is 36.0 Å². The molecule has 0 aliphatic carbocycles. The van der Waals surface area contributed by atoms with E-state index in [2.05, 4.69) is 35.5 Å². The number of hydrogen-bond acceptors (Lipinski definition) is 2. The third-order valence-corrected chi connectivity index (χ3v) is 3.29. The fourth-order valence-electron chi connectivity index (χ4n) is 2.21. The minimum Gasteiger partial charge on any atom is -0.370 e. The number of fused-ring (bicyclic) bond motifs is 1. The van der Waals surface area contributed by atoms with Gasteiger partial charge in [0.2, 0.25) is 0 Å². The maximum atomic E-state index is 7.64. The number of nitrogens with two attached hydrogens (primary N) is 1. The first-order valence-corrected chi connectivity index (χ1v) is 6.40. The van der Waals surface area contributed by atoms with Gasteiger partial charge in [-0.2, -0.15) is 0 Å². The summed E-state index contributed by atoms with van der Waals surface area (Å²) in [5.41, 5.74) is 7.32. The Morgan fingerprint density at radius 1 is 1.30 bits per heavy atom. The lowest BCUT2D eigenvalue weighted by atomic mass is 9.84. The molecular weight excluding hydrogens is 252 g/mol. The molecule has 0 bridgehead atoms. The van der Waals surface area contributed by atoms with Crippen molar-refractivity contribution < 1.29 is 0 Å². The number of guanidine groups is 2. The van der Waals surface area contributed by atoms with E-state index < -0.39 is 0 Å². The predicted molar refractivity (Wildman–Crippen MR) is 82.1 cm³/mol. The Labute approximate surface area is 117 Å². The van der Waals surface area contributed by atoms with Gasteiger partial charge in [-0.05, 0) is 11.6 Å². The van der Waals surface area contributed by atoms with Crippen molar-refractivity contribution in [2.24, 2.45) is 5.73 Å². The van der Waals surface area contributed by atoms with Gasteiger partial charge in [0, 0.05) is 29.1 Å². The van der Waals surface area contributed by atoms with Crippen LogP contribution in [-0.2, 0) is 5.41 Å². The highest BCUT2D eigenvalue weighted by atomic mass is 15.2. The Balaban J connectivity index is 2.14. The summed E-state index contributed by atoms with van der Waals surface area (Å²) < 4.78 is 0. The first kappa shape index (κ1) is 13.9. The number of para-hydroxylation sites is 1. The average Bonchev–Trinajstić information content (AvgIpc) is 2.80. The Bertz CT molecular complexity index is 640. The SMILES string of the molecule is CC(C)(CNC(=N)NC(=N)N)c1c[nH]c2ccccc12. The maximum absolute atomic E-state index is 7.64. The molecule has 0 unspecified atom stereocenters. The zero-order valence-electron chi connectivity index (χ0n) is 11.7. The number of aromatic nitrogens is 1. The molecule has 6 heteroatoms. The van der Waals surface area contributed by atoms with Crippen LogP contribution >= 0.6 is 0 Å². The quantitative estimate of drug-likeness (QED) is 0.375. The van der Waals surface area contributed by atoms with E-state index in [1.165, 1.54) is 10.9 Å². The maximum Gasteiger partial charge on any atom is 0.195 e. The van der Waals surface area contributed by atoms with Crippen LogP contribution in [0.5, 0.6) is 0 Å². The van der Waals surface area contributed by atoms with E-state index in [4.69, 9.17) is 16.6 Å². The zero-order chi connectivity index (χ0) is 14.8. The van der Waals surface area contributed by atoms with E-state index in [9.17, 15) is 0 Å². The van der Waals surface area contributed by atoms with Crippen LogP contribution in [0.15, 0.2) is 30.5 Å². The molecule has 0 fully saturated rings. The van der Waals surface area contributed by atoms with Crippen molar-refractivity contribution in [3.63, 3.8) is 0 Å². The number of H-pyrrole nitrogens is 1. The molecule has 0 atom stereocenters. The second-order valence-electron chi connectivity index (χ2n) is 5.40. The fraction of sp³-hybridized carbons (Fsp3) is 0.286. The number of benzene rings is 1. The van der Waals surface area contributed by atoms with Gasteiger partial charge in [0.1, 0.15) is 0 Å². The van der Waals surface area contributed by atoms with Gasteiger partial charge in [-0.15, -0.1) is 0 Å². The lowest BCUT2D eigenvalue weighted by Gasteiger charge is -2.25. The number of aromatic amines is 1. The molecule has 7 N–H and O–H groups in total.